The zero-order chi connectivity index (χ0) is 30.6. The van der Waals surface area contributed by atoms with Crippen molar-refractivity contribution in [1.29, 1.82) is 0 Å². The molecule has 0 saturated carbocycles. The first kappa shape index (κ1) is 27.2. The Bertz CT molecular complexity index is 2120. The molecular weight excluding hydrogens is 569 g/mol. The number of pyridine rings is 1. The van der Waals surface area contributed by atoms with Crippen LogP contribution in [-0.4, -0.2) is 23.3 Å². The van der Waals surface area contributed by atoms with Crippen LogP contribution in [0.1, 0.15) is 49.9 Å². The van der Waals surface area contributed by atoms with Crippen molar-refractivity contribution in [3.63, 3.8) is 0 Å². The Morgan fingerprint density at radius 2 is 1.20 bits per heavy atom. The highest BCUT2D eigenvalue weighted by molar-refractivity contribution is 7.99. The van der Waals surface area contributed by atoms with Gasteiger partial charge in [0.15, 0.2) is 0 Å². The molecule has 5 aromatic carbocycles. The zero-order valence-corrected chi connectivity index (χ0v) is 26.6. The van der Waals surface area contributed by atoms with Crippen molar-refractivity contribution in [3.05, 3.63) is 144 Å². The maximum atomic E-state index is 6.59. The van der Waals surface area contributed by atoms with Crippen LogP contribution in [0.4, 0.5) is 0 Å². The van der Waals surface area contributed by atoms with Crippen LogP contribution in [0.25, 0.3) is 33.2 Å². The molecule has 3 aliphatic rings. The first-order valence-corrected chi connectivity index (χ1v) is 16.5. The molecule has 218 valence electrons. The lowest BCUT2D eigenvalue weighted by molar-refractivity contribution is 0.00578. The predicted octanol–water partition coefficient (Wildman–Crippen LogP) is 9.03. The van der Waals surface area contributed by atoms with Gasteiger partial charge in [0.1, 0.15) is 0 Å². The maximum Gasteiger partial charge on any atom is 0.494 e. The Labute approximate surface area is 268 Å². The van der Waals surface area contributed by atoms with Crippen LogP contribution < -0.4 is 5.46 Å². The van der Waals surface area contributed by atoms with Gasteiger partial charge in [0, 0.05) is 26.9 Å². The molecule has 9 rings (SSSR count). The number of para-hydroxylation sites is 1. The molecule has 3 heterocycles. The first-order valence-electron chi connectivity index (χ1n) is 15.6. The molecule has 0 unspecified atom stereocenters. The Morgan fingerprint density at radius 3 is 1.91 bits per heavy atom. The molecule has 0 amide bonds. The molecule has 2 aliphatic heterocycles. The summed E-state index contributed by atoms with van der Waals surface area (Å²) in [4.78, 5) is 7.39. The van der Waals surface area contributed by atoms with Gasteiger partial charge in [-0.3, -0.25) is 4.98 Å². The van der Waals surface area contributed by atoms with Crippen molar-refractivity contribution in [2.75, 3.05) is 0 Å². The summed E-state index contributed by atoms with van der Waals surface area (Å²) >= 11 is 1.86. The minimum absolute atomic E-state index is 0.417. The SMILES string of the molecule is CC1(C)OB(c2ccc3c(c2)C2(c4ccccc4Sc4ccccc42)c2cc(-c4cccc5cccnc45)ccc2-3)OC1(C)C. The van der Waals surface area contributed by atoms with Gasteiger partial charge in [-0.15, -0.1) is 0 Å². The summed E-state index contributed by atoms with van der Waals surface area (Å²) in [6, 6.07) is 42.3. The van der Waals surface area contributed by atoms with E-state index in [0.717, 1.165) is 21.9 Å². The first-order chi connectivity index (χ1) is 21.8. The molecule has 3 nitrogen and oxygen atoms in total. The fourth-order valence-electron chi connectivity index (χ4n) is 7.55. The maximum absolute atomic E-state index is 6.59. The largest absolute Gasteiger partial charge is 0.494 e. The van der Waals surface area contributed by atoms with Gasteiger partial charge in [0.05, 0.1) is 22.1 Å². The molecular formula is C40H32BNO2S. The van der Waals surface area contributed by atoms with Crippen molar-refractivity contribution in [2.24, 2.45) is 0 Å². The lowest BCUT2D eigenvalue weighted by Gasteiger charge is -2.40. The van der Waals surface area contributed by atoms with Gasteiger partial charge in [0.25, 0.3) is 0 Å². The summed E-state index contributed by atoms with van der Waals surface area (Å²) in [5, 5.41) is 1.14. The molecule has 1 aliphatic carbocycles. The smallest absolute Gasteiger partial charge is 0.399 e. The Kier molecular flexibility index (Phi) is 5.70. The van der Waals surface area contributed by atoms with E-state index in [9.17, 15) is 0 Å². The second kappa shape index (κ2) is 9.43. The van der Waals surface area contributed by atoms with E-state index >= 15 is 0 Å². The van der Waals surface area contributed by atoms with E-state index in [1.807, 2.05) is 24.0 Å². The second-order valence-electron chi connectivity index (χ2n) is 13.4. The number of benzene rings is 5. The van der Waals surface area contributed by atoms with Crippen LogP contribution in [0.5, 0.6) is 0 Å². The van der Waals surface area contributed by atoms with Crippen LogP contribution in [0.2, 0.25) is 0 Å². The third-order valence-corrected chi connectivity index (χ3v) is 11.6. The van der Waals surface area contributed by atoms with E-state index in [4.69, 9.17) is 14.3 Å². The summed E-state index contributed by atoms with van der Waals surface area (Å²) in [7, 11) is -0.443. The Morgan fingerprint density at radius 1 is 0.578 bits per heavy atom. The molecule has 0 N–H and O–H groups in total. The normalized spacial score (nSPS) is 18.0. The minimum Gasteiger partial charge on any atom is -0.399 e. The van der Waals surface area contributed by atoms with Gasteiger partial charge in [-0.05, 0) is 96.4 Å². The van der Waals surface area contributed by atoms with Gasteiger partial charge in [-0.25, -0.2) is 0 Å². The third kappa shape index (κ3) is 3.72. The van der Waals surface area contributed by atoms with Gasteiger partial charge in [-0.2, -0.15) is 0 Å². The molecule has 5 heteroatoms. The Hall–Kier alpha value is -4.16. The van der Waals surface area contributed by atoms with Gasteiger partial charge in [0.2, 0.25) is 0 Å². The minimum atomic E-state index is -0.503. The highest BCUT2D eigenvalue weighted by Gasteiger charge is 2.54. The monoisotopic (exact) mass is 601 g/mol. The van der Waals surface area contributed by atoms with E-state index < -0.39 is 23.7 Å². The van der Waals surface area contributed by atoms with Crippen LogP contribution in [-0.2, 0) is 14.7 Å². The lowest BCUT2D eigenvalue weighted by Crippen LogP contribution is -2.41. The number of aromatic nitrogens is 1. The molecule has 1 fully saturated rings. The third-order valence-electron chi connectivity index (χ3n) is 10.4. The van der Waals surface area contributed by atoms with Crippen LogP contribution in [0, 0.1) is 0 Å². The van der Waals surface area contributed by atoms with Crippen molar-refractivity contribution in [1.82, 2.24) is 4.98 Å². The predicted molar refractivity (Wildman–Crippen MR) is 184 cm³/mol. The molecule has 1 aromatic heterocycles. The fourth-order valence-corrected chi connectivity index (χ4v) is 8.74. The van der Waals surface area contributed by atoms with Gasteiger partial charge < -0.3 is 9.31 Å². The molecule has 1 spiro atoms. The van der Waals surface area contributed by atoms with Gasteiger partial charge >= 0.3 is 7.12 Å². The summed E-state index contributed by atoms with van der Waals surface area (Å²) in [5.41, 5.74) is 10.8. The zero-order valence-electron chi connectivity index (χ0n) is 25.8. The van der Waals surface area contributed by atoms with E-state index in [-0.39, 0.29) is 0 Å². The van der Waals surface area contributed by atoms with Crippen molar-refractivity contribution in [2.45, 2.75) is 54.1 Å². The molecule has 0 atom stereocenters. The van der Waals surface area contributed by atoms with Crippen LogP contribution >= 0.6 is 11.8 Å². The van der Waals surface area contributed by atoms with Crippen LogP contribution in [0.15, 0.2) is 131 Å². The van der Waals surface area contributed by atoms with E-state index in [2.05, 4.69) is 137 Å². The van der Waals surface area contributed by atoms with E-state index in [1.54, 1.807) is 0 Å². The average molecular weight is 602 g/mol. The summed E-state index contributed by atoms with van der Waals surface area (Å²) in [6.07, 6.45) is 1.89. The molecule has 6 aromatic rings. The molecule has 1 saturated heterocycles. The molecule has 0 bridgehead atoms. The lowest BCUT2D eigenvalue weighted by atomic mass is 9.65. The summed E-state index contributed by atoms with van der Waals surface area (Å²) < 4.78 is 13.2. The number of rotatable bonds is 2. The number of hydrogen-bond acceptors (Lipinski definition) is 4. The standard InChI is InChI=1S/C40H32BNO2S/c1-38(2)39(3,4)44-41(43-38)27-19-21-30-29-20-18-26(28-13-9-11-25-12-10-22-42-37(25)28)23-33(29)40(34(30)24-27)31-14-5-7-16-35(31)45-36-17-8-6-15-32(36)40/h5-24H,1-4H3. The number of hydrogen-bond donors (Lipinski definition) is 0. The Balaban J connectivity index is 1.35. The van der Waals surface area contributed by atoms with Gasteiger partial charge in [-0.1, -0.05) is 103 Å². The fraction of sp³-hybridized carbons (Fsp3) is 0.175. The van der Waals surface area contributed by atoms with Crippen molar-refractivity contribution < 1.29 is 9.31 Å². The van der Waals surface area contributed by atoms with Crippen molar-refractivity contribution >= 4 is 35.2 Å². The van der Waals surface area contributed by atoms with Crippen molar-refractivity contribution in [3.8, 4) is 22.3 Å². The molecule has 0 radical (unpaired) electrons. The number of nitrogens with zero attached hydrogens (tertiary/aromatic N) is 1. The average Bonchev–Trinajstić information content (AvgIpc) is 3.46. The highest BCUT2D eigenvalue weighted by Crippen LogP contribution is 2.62. The quantitative estimate of drug-likeness (QED) is 0.185. The number of fused-ring (bicyclic) bond motifs is 10. The summed E-state index contributed by atoms with van der Waals surface area (Å²) in [5.74, 6) is 0. The molecule has 45 heavy (non-hydrogen) atoms. The van der Waals surface area contributed by atoms with Crippen LogP contribution in [0.3, 0.4) is 0 Å². The second-order valence-corrected chi connectivity index (χ2v) is 14.5. The summed E-state index contributed by atoms with van der Waals surface area (Å²) in [6.45, 7) is 8.47. The highest BCUT2D eigenvalue weighted by atomic mass is 32.2. The van der Waals surface area contributed by atoms with E-state index in [1.165, 1.54) is 48.7 Å². The van der Waals surface area contributed by atoms with E-state index in [0.29, 0.717) is 0 Å². The topological polar surface area (TPSA) is 31.4 Å².